The summed E-state index contributed by atoms with van der Waals surface area (Å²) in [5.74, 6) is -0.388. The van der Waals surface area contributed by atoms with Gasteiger partial charge in [0.2, 0.25) is 5.91 Å². The summed E-state index contributed by atoms with van der Waals surface area (Å²) in [6.07, 6.45) is 0. The molecule has 2 aromatic carbocycles. The van der Waals surface area contributed by atoms with Gasteiger partial charge in [0, 0.05) is 16.3 Å². The van der Waals surface area contributed by atoms with Crippen molar-refractivity contribution in [1.29, 1.82) is 0 Å². The average Bonchev–Trinajstić information content (AvgIpc) is 2.64. The van der Waals surface area contributed by atoms with Crippen molar-refractivity contribution in [3.05, 3.63) is 64.2 Å². The minimum Gasteiger partial charge on any atom is -0.342 e. The molecular weight excluding hydrogens is 362 g/mol. The zero-order valence-corrected chi connectivity index (χ0v) is 17.0. The van der Waals surface area contributed by atoms with E-state index in [1.807, 2.05) is 70.3 Å². The predicted octanol–water partition coefficient (Wildman–Crippen LogP) is 2.11. The molecule has 2 atom stereocenters. The minimum absolute atomic E-state index is 0.0504. The zero-order chi connectivity index (χ0) is 20.0. The van der Waals surface area contributed by atoms with E-state index in [2.05, 4.69) is 10.6 Å². The van der Waals surface area contributed by atoms with E-state index in [1.54, 1.807) is 0 Å². The number of carbonyl (C=O) groups is 2. The second-order valence-corrected chi connectivity index (χ2v) is 7.34. The van der Waals surface area contributed by atoms with Crippen molar-refractivity contribution in [3.8, 4) is 0 Å². The molecular formula is C21H27ClN3O2+. The summed E-state index contributed by atoms with van der Waals surface area (Å²) in [7, 11) is 1.95. The molecule has 0 aromatic heterocycles. The number of benzene rings is 2. The average molecular weight is 389 g/mol. The van der Waals surface area contributed by atoms with Crippen LogP contribution in [0.5, 0.6) is 0 Å². The Morgan fingerprint density at radius 3 is 2.26 bits per heavy atom. The summed E-state index contributed by atoms with van der Waals surface area (Å²) < 4.78 is 0. The van der Waals surface area contributed by atoms with Gasteiger partial charge in [-0.1, -0.05) is 41.9 Å². The number of rotatable bonds is 7. The number of nitrogens with one attached hydrogen (secondary N) is 3. The lowest BCUT2D eigenvalue weighted by Gasteiger charge is -2.21. The summed E-state index contributed by atoms with van der Waals surface area (Å²) in [5, 5.41) is 6.29. The first kappa shape index (κ1) is 20.9. The Bertz CT molecular complexity index is 785. The van der Waals surface area contributed by atoms with Crippen LogP contribution in [0, 0.1) is 13.8 Å². The van der Waals surface area contributed by atoms with Gasteiger partial charge in [0.15, 0.2) is 6.04 Å². The zero-order valence-electron chi connectivity index (χ0n) is 16.2. The lowest BCUT2D eigenvalue weighted by Crippen LogP contribution is -3.12. The summed E-state index contributed by atoms with van der Waals surface area (Å²) in [5.41, 5.74) is 3.89. The molecule has 0 aliphatic rings. The Morgan fingerprint density at radius 2 is 1.67 bits per heavy atom. The molecule has 2 rings (SSSR count). The third-order valence-corrected chi connectivity index (χ3v) is 4.95. The first-order chi connectivity index (χ1) is 12.8. The Hall–Kier alpha value is -2.37. The number of aryl methyl sites for hydroxylation is 2. The first-order valence-corrected chi connectivity index (χ1v) is 9.36. The monoisotopic (exact) mass is 388 g/mol. The topological polar surface area (TPSA) is 62.6 Å². The van der Waals surface area contributed by atoms with Crippen molar-refractivity contribution in [2.45, 2.75) is 33.4 Å². The molecule has 0 spiro atoms. The van der Waals surface area contributed by atoms with Gasteiger partial charge in [0.1, 0.15) is 6.54 Å². The van der Waals surface area contributed by atoms with Gasteiger partial charge in [0.25, 0.3) is 5.91 Å². The van der Waals surface area contributed by atoms with Gasteiger partial charge in [-0.25, -0.2) is 0 Å². The molecule has 144 valence electrons. The molecule has 27 heavy (non-hydrogen) atoms. The maximum absolute atomic E-state index is 12.4. The van der Waals surface area contributed by atoms with Crippen molar-refractivity contribution in [2.24, 2.45) is 0 Å². The van der Waals surface area contributed by atoms with Crippen molar-refractivity contribution >= 4 is 29.1 Å². The molecule has 0 fully saturated rings. The number of amides is 2. The highest BCUT2D eigenvalue weighted by Crippen LogP contribution is 2.18. The molecule has 0 radical (unpaired) electrons. The molecule has 6 heteroatoms. The molecule has 2 aromatic rings. The van der Waals surface area contributed by atoms with E-state index < -0.39 is 0 Å². The standard InChI is InChI=1S/C21H26ClN3O2/c1-14-6-5-7-15(2)20(14)24-19(26)12-23-21(27)16(3)25(4)13-17-8-10-18(22)11-9-17/h5-11,16H,12-13H2,1-4H3,(H,23,27)(H,24,26)/p+1/t16-/m0/s1. The van der Waals surface area contributed by atoms with Crippen LogP contribution in [0.2, 0.25) is 5.02 Å². The smallest absolute Gasteiger partial charge is 0.278 e. The van der Waals surface area contributed by atoms with E-state index in [-0.39, 0.29) is 24.4 Å². The van der Waals surface area contributed by atoms with Crippen LogP contribution in [-0.4, -0.2) is 31.4 Å². The number of para-hydroxylation sites is 1. The number of halogens is 1. The Kier molecular flexibility index (Phi) is 7.39. The van der Waals surface area contributed by atoms with Crippen LogP contribution in [0.1, 0.15) is 23.6 Å². The van der Waals surface area contributed by atoms with Crippen LogP contribution in [-0.2, 0) is 16.1 Å². The van der Waals surface area contributed by atoms with Crippen LogP contribution < -0.4 is 15.5 Å². The van der Waals surface area contributed by atoms with Crippen LogP contribution in [0.3, 0.4) is 0 Å². The van der Waals surface area contributed by atoms with Crippen LogP contribution in [0.25, 0.3) is 0 Å². The van der Waals surface area contributed by atoms with Crippen LogP contribution in [0.15, 0.2) is 42.5 Å². The Balaban J connectivity index is 1.84. The van der Waals surface area contributed by atoms with Gasteiger partial charge < -0.3 is 15.5 Å². The van der Waals surface area contributed by atoms with E-state index in [4.69, 9.17) is 11.6 Å². The van der Waals surface area contributed by atoms with Gasteiger partial charge in [-0.3, -0.25) is 9.59 Å². The van der Waals surface area contributed by atoms with E-state index in [9.17, 15) is 9.59 Å². The van der Waals surface area contributed by atoms with E-state index in [1.165, 1.54) is 0 Å². The predicted molar refractivity (Wildman–Crippen MR) is 109 cm³/mol. The second-order valence-electron chi connectivity index (χ2n) is 6.90. The Labute approximate surface area is 165 Å². The fourth-order valence-electron chi connectivity index (χ4n) is 2.82. The summed E-state index contributed by atoms with van der Waals surface area (Å²) in [4.78, 5) is 25.6. The van der Waals surface area contributed by atoms with Crippen molar-refractivity contribution in [3.63, 3.8) is 0 Å². The number of carbonyl (C=O) groups excluding carboxylic acids is 2. The van der Waals surface area contributed by atoms with E-state index in [0.717, 1.165) is 27.3 Å². The first-order valence-electron chi connectivity index (χ1n) is 8.98. The number of anilines is 1. The number of hydrogen-bond donors (Lipinski definition) is 3. The van der Waals surface area contributed by atoms with Gasteiger partial charge in [-0.05, 0) is 44.0 Å². The lowest BCUT2D eigenvalue weighted by molar-refractivity contribution is -0.908. The highest BCUT2D eigenvalue weighted by molar-refractivity contribution is 6.30. The molecule has 5 nitrogen and oxygen atoms in total. The molecule has 0 aliphatic heterocycles. The van der Waals surface area contributed by atoms with E-state index >= 15 is 0 Å². The van der Waals surface area contributed by atoms with Gasteiger partial charge >= 0.3 is 0 Å². The maximum atomic E-state index is 12.4. The quantitative estimate of drug-likeness (QED) is 0.680. The number of quaternary nitrogens is 1. The third-order valence-electron chi connectivity index (χ3n) is 4.70. The fourth-order valence-corrected chi connectivity index (χ4v) is 2.94. The molecule has 0 saturated carbocycles. The number of likely N-dealkylation sites (N-methyl/N-ethyl adjacent to an activating group) is 1. The van der Waals surface area contributed by atoms with Crippen molar-refractivity contribution in [1.82, 2.24) is 5.32 Å². The third kappa shape index (κ3) is 6.08. The molecule has 1 unspecified atom stereocenters. The maximum Gasteiger partial charge on any atom is 0.278 e. The van der Waals surface area contributed by atoms with Crippen molar-refractivity contribution in [2.75, 3.05) is 18.9 Å². The van der Waals surface area contributed by atoms with Crippen LogP contribution in [0.4, 0.5) is 5.69 Å². The second kappa shape index (κ2) is 9.53. The molecule has 3 N–H and O–H groups in total. The summed E-state index contributed by atoms with van der Waals surface area (Å²) in [6, 6.07) is 13.1. The van der Waals surface area contributed by atoms with E-state index in [0.29, 0.717) is 11.6 Å². The summed E-state index contributed by atoms with van der Waals surface area (Å²) >= 11 is 5.90. The molecule has 0 aliphatic carbocycles. The SMILES string of the molecule is Cc1cccc(C)c1NC(=O)CNC(=O)[C@H](C)[NH+](C)Cc1ccc(Cl)cc1. The van der Waals surface area contributed by atoms with Gasteiger partial charge in [0.05, 0.1) is 13.6 Å². The molecule has 0 bridgehead atoms. The van der Waals surface area contributed by atoms with Gasteiger partial charge in [-0.15, -0.1) is 0 Å². The summed E-state index contributed by atoms with van der Waals surface area (Å²) in [6.45, 7) is 6.38. The van der Waals surface area contributed by atoms with Crippen LogP contribution >= 0.6 is 11.6 Å². The highest BCUT2D eigenvalue weighted by atomic mass is 35.5. The van der Waals surface area contributed by atoms with Gasteiger partial charge in [-0.2, -0.15) is 0 Å². The Morgan fingerprint density at radius 1 is 1.07 bits per heavy atom. The molecule has 0 saturated heterocycles. The highest BCUT2D eigenvalue weighted by Gasteiger charge is 2.22. The van der Waals surface area contributed by atoms with Crippen molar-refractivity contribution < 1.29 is 14.5 Å². The largest absolute Gasteiger partial charge is 0.342 e. The number of hydrogen-bond acceptors (Lipinski definition) is 2. The fraction of sp³-hybridized carbons (Fsp3) is 0.333. The lowest BCUT2D eigenvalue weighted by atomic mass is 10.1. The normalized spacial score (nSPS) is 12.9. The molecule has 0 heterocycles. The minimum atomic E-state index is -0.284. The molecule has 2 amide bonds.